The molecule has 6 nitrogen and oxygen atoms in total. The summed E-state index contributed by atoms with van der Waals surface area (Å²) in [5.41, 5.74) is 5.26. The van der Waals surface area contributed by atoms with E-state index in [1.54, 1.807) is 11.3 Å². The first-order chi connectivity index (χ1) is 16.7. The molecule has 0 radical (unpaired) electrons. The Bertz CT molecular complexity index is 1280. The van der Waals surface area contributed by atoms with Gasteiger partial charge < -0.3 is 15.5 Å². The number of carbonyl (C=O) groups is 1. The number of thiazole rings is 1. The number of imidazole rings is 1. The van der Waals surface area contributed by atoms with Gasteiger partial charge in [-0.2, -0.15) is 0 Å². The molecule has 0 bridgehead atoms. The van der Waals surface area contributed by atoms with Crippen LogP contribution < -0.4 is 10.6 Å². The maximum atomic E-state index is 12.6. The molecular formula is C27H35Cl2N5OS. The zero-order valence-electron chi connectivity index (χ0n) is 20.8. The lowest BCUT2D eigenvalue weighted by Gasteiger charge is -2.17. The molecule has 0 spiro atoms. The van der Waals surface area contributed by atoms with Gasteiger partial charge in [-0.15, -0.1) is 24.8 Å². The van der Waals surface area contributed by atoms with Gasteiger partial charge in [0, 0.05) is 29.9 Å². The molecular weight excluding hydrogens is 513 g/mol. The van der Waals surface area contributed by atoms with E-state index in [0.29, 0.717) is 18.2 Å². The molecule has 9 heteroatoms. The van der Waals surface area contributed by atoms with E-state index in [4.69, 9.17) is 4.98 Å². The van der Waals surface area contributed by atoms with Gasteiger partial charge in [-0.25, -0.2) is 4.98 Å². The maximum Gasteiger partial charge on any atom is 0.251 e. The maximum absolute atomic E-state index is 12.6. The van der Waals surface area contributed by atoms with Crippen molar-refractivity contribution in [3.8, 4) is 11.3 Å². The molecule has 2 aromatic heterocycles. The molecule has 1 aliphatic rings. The van der Waals surface area contributed by atoms with Crippen LogP contribution in [0.4, 0.5) is 0 Å². The first-order valence-corrected chi connectivity index (χ1v) is 13.2. The van der Waals surface area contributed by atoms with Crippen molar-refractivity contribution in [1.82, 2.24) is 24.9 Å². The SMILES string of the molecule is CCN(CC)CCCNC(=O)c1ccc2c(c1)sc1nc(-c3ccc([C@@H]4CCCN4)cc3)cn12.Cl.Cl. The van der Waals surface area contributed by atoms with Gasteiger partial charge in [0.1, 0.15) is 0 Å². The largest absolute Gasteiger partial charge is 0.352 e. The molecule has 1 fully saturated rings. The number of rotatable bonds is 9. The minimum absolute atomic E-state index is 0. The Labute approximate surface area is 229 Å². The third kappa shape index (κ3) is 6.03. The number of benzene rings is 2. The Morgan fingerprint density at radius 1 is 1.17 bits per heavy atom. The van der Waals surface area contributed by atoms with Crippen LogP contribution in [0.15, 0.2) is 48.7 Å². The molecule has 4 aromatic rings. The van der Waals surface area contributed by atoms with Crippen molar-refractivity contribution in [2.75, 3.05) is 32.7 Å². The van der Waals surface area contributed by atoms with E-state index in [1.807, 2.05) is 18.2 Å². The molecule has 1 saturated heterocycles. The molecule has 1 amide bonds. The molecule has 0 aliphatic carbocycles. The van der Waals surface area contributed by atoms with Crippen molar-refractivity contribution < 1.29 is 4.79 Å². The Balaban J connectivity index is 0.00000180. The molecule has 1 atom stereocenters. The van der Waals surface area contributed by atoms with Crippen LogP contribution in [0.25, 0.3) is 26.4 Å². The Hall–Kier alpha value is -2.16. The van der Waals surface area contributed by atoms with Gasteiger partial charge >= 0.3 is 0 Å². The molecule has 5 rings (SSSR count). The third-order valence-corrected chi connectivity index (χ3v) is 7.87. The zero-order valence-corrected chi connectivity index (χ0v) is 23.3. The van der Waals surface area contributed by atoms with Gasteiger partial charge in [-0.3, -0.25) is 9.20 Å². The van der Waals surface area contributed by atoms with Gasteiger partial charge in [0.25, 0.3) is 5.91 Å². The van der Waals surface area contributed by atoms with E-state index in [1.165, 1.54) is 18.4 Å². The lowest BCUT2D eigenvalue weighted by Crippen LogP contribution is -2.29. The number of hydrogen-bond acceptors (Lipinski definition) is 5. The van der Waals surface area contributed by atoms with Crippen molar-refractivity contribution in [2.45, 2.75) is 39.2 Å². The second-order valence-electron chi connectivity index (χ2n) is 8.97. The van der Waals surface area contributed by atoms with Crippen LogP contribution in [0.2, 0.25) is 0 Å². The highest BCUT2D eigenvalue weighted by atomic mass is 35.5. The Kier molecular flexibility index (Phi) is 10.2. The van der Waals surface area contributed by atoms with Crippen LogP contribution in [0.5, 0.6) is 0 Å². The van der Waals surface area contributed by atoms with Crippen LogP contribution in [-0.2, 0) is 0 Å². The van der Waals surface area contributed by atoms with Gasteiger partial charge in [0.2, 0.25) is 0 Å². The fourth-order valence-corrected chi connectivity index (χ4v) is 5.83. The van der Waals surface area contributed by atoms with Crippen LogP contribution in [0, 0.1) is 0 Å². The fourth-order valence-electron chi connectivity index (χ4n) is 4.78. The second kappa shape index (κ2) is 12.9. The number of fused-ring (bicyclic) bond motifs is 3. The second-order valence-corrected chi connectivity index (χ2v) is 9.98. The first kappa shape index (κ1) is 28.4. The van der Waals surface area contributed by atoms with Crippen LogP contribution in [-0.4, -0.2) is 52.9 Å². The van der Waals surface area contributed by atoms with Crippen LogP contribution >= 0.6 is 36.2 Å². The summed E-state index contributed by atoms with van der Waals surface area (Å²) in [7, 11) is 0. The summed E-state index contributed by atoms with van der Waals surface area (Å²) in [5.74, 6) is -0.00924. The fraction of sp³-hybridized carbons (Fsp3) is 0.407. The predicted octanol–water partition coefficient (Wildman–Crippen LogP) is 5.95. The number of amides is 1. The zero-order chi connectivity index (χ0) is 23.5. The van der Waals surface area contributed by atoms with Crippen LogP contribution in [0.1, 0.15) is 55.1 Å². The smallest absolute Gasteiger partial charge is 0.251 e. The standard InChI is InChI=1S/C27H33N5OS.2ClH/c1-3-31(4-2)16-6-15-29-26(33)21-12-13-24-25(17-21)34-27-30-23(18-32(24)27)20-10-8-19(9-11-20)22-7-5-14-28-22;;/h8-13,17-18,22,28H,3-7,14-16H2,1-2H3,(H,29,33);2*1H/t22-;;/m0../s1. The monoisotopic (exact) mass is 547 g/mol. The van der Waals surface area contributed by atoms with Crippen molar-refractivity contribution in [1.29, 1.82) is 0 Å². The van der Waals surface area contributed by atoms with Crippen LogP contribution in [0.3, 0.4) is 0 Å². The number of nitrogens with one attached hydrogen (secondary N) is 2. The lowest BCUT2D eigenvalue weighted by atomic mass is 10.0. The average Bonchev–Trinajstić information content (AvgIpc) is 3.60. The summed E-state index contributed by atoms with van der Waals surface area (Å²) in [6.45, 7) is 9.25. The highest BCUT2D eigenvalue weighted by molar-refractivity contribution is 7.23. The first-order valence-electron chi connectivity index (χ1n) is 12.4. The normalized spacial score (nSPS) is 15.2. The van der Waals surface area contributed by atoms with Crippen molar-refractivity contribution >= 4 is 57.2 Å². The Morgan fingerprint density at radius 2 is 1.94 bits per heavy atom. The summed E-state index contributed by atoms with van der Waals surface area (Å²) in [5, 5.41) is 6.62. The van der Waals surface area contributed by atoms with Gasteiger partial charge in [-0.1, -0.05) is 49.4 Å². The van der Waals surface area contributed by atoms with Crippen molar-refractivity contribution in [3.63, 3.8) is 0 Å². The summed E-state index contributed by atoms with van der Waals surface area (Å²) in [4.78, 5) is 20.8. The third-order valence-electron chi connectivity index (χ3n) is 6.86. The minimum atomic E-state index is -0.00924. The van der Waals surface area contributed by atoms with E-state index in [-0.39, 0.29) is 30.7 Å². The molecule has 0 saturated carbocycles. The Morgan fingerprint density at radius 3 is 2.64 bits per heavy atom. The number of aromatic nitrogens is 2. The van der Waals surface area contributed by atoms with E-state index >= 15 is 0 Å². The molecule has 2 aromatic carbocycles. The quantitative estimate of drug-likeness (QED) is 0.254. The molecule has 1 aliphatic heterocycles. The number of hydrogen-bond donors (Lipinski definition) is 2. The number of carbonyl (C=O) groups excluding carboxylic acids is 1. The average molecular weight is 549 g/mol. The van der Waals surface area contributed by atoms with E-state index in [2.05, 4.69) is 64.2 Å². The summed E-state index contributed by atoms with van der Waals surface area (Å²) < 4.78 is 3.21. The lowest BCUT2D eigenvalue weighted by molar-refractivity contribution is 0.0952. The number of halogens is 2. The van der Waals surface area contributed by atoms with Gasteiger partial charge in [0.15, 0.2) is 4.96 Å². The van der Waals surface area contributed by atoms with Crippen molar-refractivity contribution in [2.24, 2.45) is 0 Å². The minimum Gasteiger partial charge on any atom is -0.352 e. The van der Waals surface area contributed by atoms with Crippen molar-refractivity contribution in [3.05, 3.63) is 59.8 Å². The topological polar surface area (TPSA) is 61.7 Å². The number of nitrogens with zero attached hydrogens (tertiary/aromatic N) is 3. The van der Waals surface area contributed by atoms with Gasteiger partial charge in [0.05, 0.1) is 15.9 Å². The van der Waals surface area contributed by atoms with Gasteiger partial charge in [-0.05, 0) is 69.2 Å². The molecule has 0 unspecified atom stereocenters. The summed E-state index contributed by atoms with van der Waals surface area (Å²) in [6.07, 6.45) is 5.52. The summed E-state index contributed by atoms with van der Waals surface area (Å²) >= 11 is 1.63. The molecule has 3 heterocycles. The van der Waals surface area contributed by atoms with E-state index in [0.717, 1.165) is 59.0 Å². The summed E-state index contributed by atoms with van der Waals surface area (Å²) in [6, 6.07) is 15.2. The predicted molar refractivity (Wildman–Crippen MR) is 155 cm³/mol. The molecule has 2 N–H and O–H groups in total. The molecule has 36 heavy (non-hydrogen) atoms. The molecule has 194 valence electrons. The van der Waals surface area contributed by atoms with E-state index < -0.39 is 0 Å². The highest BCUT2D eigenvalue weighted by Crippen LogP contribution is 2.31. The van der Waals surface area contributed by atoms with E-state index in [9.17, 15) is 4.79 Å². The highest BCUT2D eigenvalue weighted by Gasteiger charge is 2.17.